The van der Waals surface area contributed by atoms with Gasteiger partial charge in [0.05, 0.1) is 12.4 Å². The highest BCUT2D eigenvalue weighted by Crippen LogP contribution is 2.08. The van der Waals surface area contributed by atoms with Crippen LogP contribution in [0.25, 0.3) is 0 Å². The largest absolute Gasteiger partial charge is 0.480 e. The molecule has 0 aliphatic carbocycles. The van der Waals surface area contributed by atoms with E-state index in [-0.39, 0.29) is 38.5 Å². The number of aromatic amines is 1. The molecular formula is C25H34N8O7. The molecule has 2 rings (SSSR count). The minimum Gasteiger partial charge on any atom is -0.480 e. The molecule has 0 aliphatic rings. The summed E-state index contributed by atoms with van der Waals surface area (Å²) in [4.78, 5) is 79.8. The molecule has 2 aromatic rings. The summed E-state index contributed by atoms with van der Waals surface area (Å²) in [5.41, 5.74) is 17.2. The number of benzene rings is 1. The van der Waals surface area contributed by atoms with Gasteiger partial charge in [0.2, 0.25) is 29.5 Å². The van der Waals surface area contributed by atoms with Crippen molar-refractivity contribution < 1.29 is 33.9 Å². The van der Waals surface area contributed by atoms with Crippen LogP contribution in [-0.2, 0) is 41.6 Å². The Balaban J connectivity index is 2.25. The molecule has 216 valence electrons. The summed E-state index contributed by atoms with van der Waals surface area (Å²) in [6.07, 6.45) is 2.04. The topological polar surface area (TPSA) is 265 Å². The fourth-order valence-corrected chi connectivity index (χ4v) is 3.68. The zero-order valence-corrected chi connectivity index (χ0v) is 21.7. The lowest BCUT2D eigenvalue weighted by Crippen LogP contribution is -2.58. The number of nitrogens with one attached hydrogen (secondary N) is 4. The van der Waals surface area contributed by atoms with Crippen LogP contribution in [0.3, 0.4) is 0 Å². The predicted octanol–water partition coefficient (Wildman–Crippen LogP) is -2.41. The molecule has 11 N–H and O–H groups in total. The molecule has 1 aromatic heterocycles. The second kappa shape index (κ2) is 15.6. The van der Waals surface area contributed by atoms with Gasteiger partial charge in [0.15, 0.2) is 0 Å². The van der Waals surface area contributed by atoms with Crippen LogP contribution in [0.4, 0.5) is 0 Å². The zero-order valence-electron chi connectivity index (χ0n) is 21.7. The van der Waals surface area contributed by atoms with Gasteiger partial charge in [-0.15, -0.1) is 0 Å². The van der Waals surface area contributed by atoms with Gasteiger partial charge in [-0.1, -0.05) is 30.3 Å². The number of nitrogens with two attached hydrogens (primary N) is 3. The van der Waals surface area contributed by atoms with Crippen molar-refractivity contribution in [2.45, 2.75) is 62.7 Å². The van der Waals surface area contributed by atoms with E-state index in [4.69, 9.17) is 17.2 Å². The Labute approximate surface area is 229 Å². The Morgan fingerprint density at radius 1 is 0.800 bits per heavy atom. The molecule has 1 heterocycles. The maximum absolute atomic E-state index is 13.4. The highest BCUT2D eigenvalue weighted by Gasteiger charge is 2.31. The van der Waals surface area contributed by atoms with Gasteiger partial charge < -0.3 is 43.2 Å². The molecule has 0 bridgehead atoms. The van der Waals surface area contributed by atoms with Gasteiger partial charge in [-0.2, -0.15) is 0 Å². The van der Waals surface area contributed by atoms with Gasteiger partial charge in [0, 0.05) is 37.6 Å². The molecule has 4 atom stereocenters. The predicted molar refractivity (Wildman–Crippen MR) is 141 cm³/mol. The number of rotatable bonds is 17. The minimum absolute atomic E-state index is 0.0341. The van der Waals surface area contributed by atoms with E-state index in [0.717, 1.165) is 0 Å². The third kappa shape index (κ3) is 10.9. The summed E-state index contributed by atoms with van der Waals surface area (Å²) in [5.74, 6) is -5.06. The maximum Gasteiger partial charge on any atom is 0.326 e. The summed E-state index contributed by atoms with van der Waals surface area (Å²) in [6, 6.07) is 3.72. The van der Waals surface area contributed by atoms with Crippen LogP contribution >= 0.6 is 0 Å². The van der Waals surface area contributed by atoms with Crippen molar-refractivity contribution in [2.75, 3.05) is 0 Å². The van der Waals surface area contributed by atoms with E-state index in [1.165, 1.54) is 12.5 Å². The average molecular weight is 559 g/mol. The summed E-state index contributed by atoms with van der Waals surface area (Å²) in [6.45, 7) is 0. The number of amides is 5. The molecular weight excluding hydrogens is 524 g/mol. The standard InChI is InChI=1S/C25H34N8O7/c26-16(6-8-20(27)34)22(36)32-18(10-14-4-2-1-3-5-14)23(37)33-19(11-15-12-29-13-30-15)24(38)31-17(25(39)40)7-9-21(28)35/h1-5,12-13,16-19H,6-11,26H2,(H2,27,34)(H2,28,35)(H,29,30)(H,31,38)(H,32,36)(H,33,37)(H,39,40). The Kier molecular flexibility index (Phi) is 12.2. The van der Waals surface area contributed by atoms with E-state index in [1.807, 2.05) is 0 Å². The van der Waals surface area contributed by atoms with E-state index in [0.29, 0.717) is 11.3 Å². The lowest BCUT2D eigenvalue weighted by molar-refractivity contribution is -0.142. The molecule has 15 heteroatoms. The van der Waals surface area contributed by atoms with Crippen LogP contribution < -0.4 is 33.2 Å². The fraction of sp³-hybridized carbons (Fsp3) is 0.400. The monoisotopic (exact) mass is 558 g/mol. The van der Waals surface area contributed by atoms with Crippen molar-refractivity contribution in [3.8, 4) is 0 Å². The van der Waals surface area contributed by atoms with Crippen LogP contribution in [0.1, 0.15) is 36.9 Å². The molecule has 0 saturated carbocycles. The van der Waals surface area contributed by atoms with E-state index in [9.17, 15) is 33.9 Å². The molecule has 4 unspecified atom stereocenters. The first kappa shape index (κ1) is 31.4. The number of hydrogen-bond donors (Lipinski definition) is 8. The average Bonchev–Trinajstić information content (AvgIpc) is 3.42. The normalized spacial score (nSPS) is 13.7. The number of imidazole rings is 1. The Morgan fingerprint density at radius 2 is 1.35 bits per heavy atom. The number of carbonyl (C=O) groups excluding carboxylic acids is 5. The molecule has 15 nitrogen and oxygen atoms in total. The lowest BCUT2D eigenvalue weighted by atomic mass is 10.0. The van der Waals surface area contributed by atoms with Crippen LogP contribution in [-0.4, -0.2) is 74.7 Å². The van der Waals surface area contributed by atoms with E-state index in [1.54, 1.807) is 30.3 Å². The fourth-order valence-electron chi connectivity index (χ4n) is 3.68. The number of carbonyl (C=O) groups is 6. The van der Waals surface area contributed by atoms with Gasteiger partial charge in [-0.25, -0.2) is 9.78 Å². The quantitative estimate of drug-likeness (QED) is 0.103. The van der Waals surface area contributed by atoms with Crippen molar-refractivity contribution in [3.05, 3.63) is 54.1 Å². The van der Waals surface area contributed by atoms with Crippen molar-refractivity contribution in [2.24, 2.45) is 17.2 Å². The summed E-state index contributed by atoms with van der Waals surface area (Å²) < 4.78 is 0. The molecule has 0 aliphatic heterocycles. The Bertz CT molecular complexity index is 1170. The highest BCUT2D eigenvalue weighted by atomic mass is 16.4. The van der Waals surface area contributed by atoms with Crippen LogP contribution in [0.2, 0.25) is 0 Å². The Hall–Kier alpha value is -4.79. The van der Waals surface area contributed by atoms with Gasteiger partial charge in [-0.3, -0.25) is 24.0 Å². The van der Waals surface area contributed by atoms with Crippen LogP contribution in [0.5, 0.6) is 0 Å². The summed E-state index contributed by atoms with van der Waals surface area (Å²) in [7, 11) is 0. The first-order valence-corrected chi connectivity index (χ1v) is 12.4. The third-order valence-electron chi connectivity index (χ3n) is 5.86. The highest BCUT2D eigenvalue weighted by molar-refractivity contribution is 5.94. The third-order valence-corrected chi connectivity index (χ3v) is 5.86. The molecule has 0 spiro atoms. The molecule has 5 amide bonds. The number of aromatic nitrogens is 2. The smallest absolute Gasteiger partial charge is 0.326 e. The van der Waals surface area contributed by atoms with Gasteiger partial charge in [0.1, 0.15) is 18.1 Å². The minimum atomic E-state index is -1.44. The lowest BCUT2D eigenvalue weighted by Gasteiger charge is -2.25. The van der Waals surface area contributed by atoms with Crippen LogP contribution in [0, 0.1) is 0 Å². The van der Waals surface area contributed by atoms with Crippen molar-refractivity contribution in [1.29, 1.82) is 0 Å². The first-order valence-electron chi connectivity index (χ1n) is 12.4. The molecule has 0 fully saturated rings. The van der Waals surface area contributed by atoms with E-state index in [2.05, 4.69) is 25.9 Å². The van der Waals surface area contributed by atoms with E-state index >= 15 is 0 Å². The number of nitrogens with zero attached hydrogens (tertiary/aromatic N) is 1. The maximum atomic E-state index is 13.4. The second-order valence-electron chi connectivity index (χ2n) is 9.11. The Morgan fingerprint density at radius 3 is 1.90 bits per heavy atom. The van der Waals surface area contributed by atoms with Gasteiger partial charge in [0.25, 0.3) is 0 Å². The van der Waals surface area contributed by atoms with E-state index < -0.39 is 59.7 Å². The second-order valence-corrected chi connectivity index (χ2v) is 9.11. The van der Waals surface area contributed by atoms with Gasteiger partial charge >= 0.3 is 5.97 Å². The molecule has 40 heavy (non-hydrogen) atoms. The van der Waals surface area contributed by atoms with Crippen molar-refractivity contribution >= 4 is 35.5 Å². The first-order chi connectivity index (χ1) is 19.0. The zero-order chi connectivity index (χ0) is 29.7. The summed E-state index contributed by atoms with van der Waals surface area (Å²) >= 11 is 0. The number of carboxylic acid groups (broad SMARTS) is 1. The number of aliphatic carboxylic acids is 1. The van der Waals surface area contributed by atoms with Crippen molar-refractivity contribution in [1.82, 2.24) is 25.9 Å². The van der Waals surface area contributed by atoms with Gasteiger partial charge in [-0.05, 0) is 18.4 Å². The summed E-state index contributed by atoms with van der Waals surface area (Å²) in [5, 5.41) is 16.9. The molecule has 0 radical (unpaired) electrons. The number of H-pyrrole nitrogens is 1. The number of carboxylic acids is 1. The number of hydrogen-bond acceptors (Lipinski definition) is 8. The van der Waals surface area contributed by atoms with Crippen LogP contribution in [0.15, 0.2) is 42.9 Å². The SMILES string of the molecule is NC(=O)CCC(N)C(=O)NC(Cc1ccccc1)C(=O)NC(Cc1cnc[nH]1)C(=O)NC(CCC(N)=O)C(=O)O. The molecule has 0 saturated heterocycles. The number of primary amides is 2. The molecule has 1 aromatic carbocycles. The van der Waals surface area contributed by atoms with Crippen molar-refractivity contribution in [3.63, 3.8) is 0 Å².